The molecule has 3 aromatic rings. The summed E-state index contributed by atoms with van der Waals surface area (Å²) in [5, 5.41) is 12.1. The topological polar surface area (TPSA) is 79.3 Å². The molecular weight excluding hydrogens is 408 g/mol. The number of aliphatic carboxylic acids is 1. The lowest BCUT2D eigenvalue weighted by Crippen LogP contribution is -2.41. The van der Waals surface area contributed by atoms with Crippen molar-refractivity contribution in [1.29, 1.82) is 0 Å². The van der Waals surface area contributed by atoms with Crippen LogP contribution >= 0.6 is 11.8 Å². The van der Waals surface area contributed by atoms with E-state index >= 15 is 0 Å². The van der Waals surface area contributed by atoms with Crippen LogP contribution in [0.15, 0.2) is 73.1 Å². The molecule has 0 spiro atoms. The van der Waals surface area contributed by atoms with E-state index in [4.69, 9.17) is 0 Å². The maximum absolute atomic E-state index is 13.0. The molecular formula is C25H24N2O3S. The van der Waals surface area contributed by atoms with Gasteiger partial charge in [0.05, 0.1) is 0 Å². The van der Waals surface area contributed by atoms with Gasteiger partial charge in [-0.15, -0.1) is 0 Å². The highest BCUT2D eigenvalue weighted by atomic mass is 32.2. The molecule has 0 aliphatic heterocycles. The normalized spacial score (nSPS) is 11.9. The first-order valence-electron chi connectivity index (χ1n) is 9.88. The number of amides is 1. The van der Waals surface area contributed by atoms with Gasteiger partial charge in [-0.2, -0.15) is 11.8 Å². The highest BCUT2D eigenvalue weighted by Gasteiger charge is 2.22. The summed E-state index contributed by atoms with van der Waals surface area (Å²) in [5.74, 6) is -0.768. The van der Waals surface area contributed by atoms with E-state index in [2.05, 4.69) is 10.3 Å². The van der Waals surface area contributed by atoms with Gasteiger partial charge in [0.15, 0.2) is 0 Å². The smallest absolute Gasteiger partial charge is 0.326 e. The second-order valence-electron chi connectivity index (χ2n) is 6.94. The molecule has 0 radical (unpaired) electrons. The first-order chi connectivity index (χ1) is 15.1. The van der Waals surface area contributed by atoms with E-state index in [1.54, 1.807) is 30.2 Å². The van der Waals surface area contributed by atoms with Crippen LogP contribution in [0, 0.1) is 0 Å². The molecule has 1 heterocycles. The fourth-order valence-corrected chi connectivity index (χ4v) is 3.59. The zero-order chi connectivity index (χ0) is 22.1. The largest absolute Gasteiger partial charge is 0.480 e. The summed E-state index contributed by atoms with van der Waals surface area (Å²) in [6.45, 7) is 0. The monoisotopic (exact) mass is 432 g/mol. The molecule has 31 heavy (non-hydrogen) atoms. The molecule has 0 aliphatic carbocycles. The Labute approximate surface area is 186 Å². The number of nitrogens with zero attached hydrogens (tertiary/aromatic N) is 1. The Kier molecular flexibility index (Phi) is 8.01. The van der Waals surface area contributed by atoms with E-state index in [0.29, 0.717) is 17.7 Å². The first-order valence-corrected chi connectivity index (χ1v) is 11.3. The highest BCUT2D eigenvalue weighted by Crippen LogP contribution is 2.26. The Morgan fingerprint density at radius 2 is 1.84 bits per heavy atom. The van der Waals surface area contributed by atoms with Crippen molar-refractivity contribution in [2.24, 2.45) is 0 Å². The molecule has 1 atom stereocenters. The van der Waals surface area contributed by atoms with Crippen molar-refractivity contribution in [2.45, 2.75) is 12.5 Å². The van der Waals surface area contributed by atoms with Crippen molar-refractivity contribution in [3.8, 4) is 11.1 Å². The van der Waals surface area contributed by atoms with Gasteiger partial charge in [0.2, 0.25) is 0 Å². The van der Waals surface area contributed by atoms with Gasteiger partial charge in [-0.3, -0.25) is 9.78 Å². The van der Waals surface area contributed by atoms with Gasteiger partial charge in [-0.25, -0.2) is 4.79 Å². The average Bonchev–Trinajstić information content (AvgIpc) is 2.81. The van der Waals surface area contributed by atoms with Gasteiger partial charge in [0.1, 0.15) is 6.04 Å². The highest BCUT2D eigenvalue weighted by molar-refractivity contribution is 7.98. The maximum atomic E-state index is 13.0. The second-order valence-corrected chi connectivity index (χ2v) is 7.92. The SMILES string of the molecule is CSCC[C@H](NC(=O)c1ccc(C=Cc2cccnc2)cc1-c1ccccc1)C(=O)O. The van der Waals surface area contributed by atoms with Crippen molar-refractivity contribution in [1.82, 2.24) is 10.3 Å². The molecule has 5 nitrogen and oxygen atoms in total. The molecule has 0 unspecified atom stereocenters. The van der Waals surface area contributed by atoms with Crippen molar-refractivity contribution in [3.63, 3.8) is 0 Å². The number of benzene rings is 2. The Hall–Kier alpha value is -3.38. The first kappa shape index (κ1) is 22.3. The average molecular weight is 433 g/mol. The standard InChI is InChI=1S/C25H24N2O3S/c1-31-15-13-23(25(29)30)27-24(28)21-12-11-18(9-10-19-6-5-14-26-17-19)16-22(21)20-7-3-2-4-8-20/h2-12,14,16-17,23H,13,15H2,1H3,(H,27,28)(H,29,30)/t23-/m0/s1. The Bertz CT molecular complexity index is 1050. The molecule has 0 fully saturated rings. The zero-order valence-corrected chi connectivity index (χ0v) is 18.0. The number of nitrogens with one attached hydrogen (secondary N) is 1. The summed E-state index contributed by atoms with van der Waals surface area (Å²) < 4.78 is 0. The summed E-state index contributed by atoms with van der Waals surface area (Å²) in [6, 6.07) is 18.1. The molecule has 2 N–H and O–H groups in total. The number of carboxylic acid groups (broad SMARTS) is 1. The minimum Gasteiger partial charge on any atom is -0.480 e. The van der Waals surface area contributed by atoms with E-state index in [9.17, 15) is 14.7 Å². The third kappa shape index (κ3) is 6.30. The number of hydrogen-bond donors (Lipinski definition) is 2. The van der Waals surface area contributed by atoms with Gasteiger partial charge in [0, 0.05) is 18.0 Å². The fraction of sp³-hybridized carbons (Fsp3) is 0.160. The van der Waals surface area contributed by atoms with Gasteiger partial charge in [-0.1, -0.05) is 54.6 Å². The molecule has 0 aliphatic rings. The summed E-state index contributed by atoms with van der Waals surface area (Å²) in [5.41, 5.74) is 3.99. The number of hydrogen-bond acceptors (Lipinski definition) is 4. The summed E-state index contributed by atoms with van der Waals surface area (Å²) in [4.78, 5) is 28.7. The molecule has 6 heteroatoms. The summed E-state index contributed by atoms with van der Waals surface area (Å²) in [7, 11) is 0. The van der Waals surface area contributed by atoms with Crippen LogP contribution in [0.1, 0.15) is 27.9 Å². The number of thioether (sulfide) groups is 1. The minimum atomic E-state index is -1.03. The van der Waals surface area contributed by atoms with E-state index in [-0.39, 0.29) is 0 Å². The summed E-state index contributed by atoms with van der Waals surface area (Å²) in [6.07, 6.45) is 9.70. The van der Waals surface area contributed by atoms with Crippen LogP contribution < -0.4 is 5.32 Å². The quantitative estimate of drug-likeness (QED) is 0.505. The second kappa shape index (κ2) is 11.1. The van der Waals surface area contributed by atoms with Gasteiger partial charge < -0.3 is 10.4 Å². The van der Waals surface area contributed by atoms with E-state index in [1.165, 1.54) is 0 Å². The fourth-order valence-electron chi connectivity index (χ4n) is 3.12. The molecule has 2 aromatic carbocycles. The Morgan fingerprint density at radius 1 is 1.06 bits per heavy atom. The van der Waals surface area contributed by atoms with Crippen LogP contribution in [0.3, 0.4) is 0 Å². The van der Waals surface area contributed by atoms with E-state index < -0.39 is 17.9 Å². The van der Waals surface area contributed by atoms with Gasteiger partial charge in [-0.05, 0) is 58.9 Å². The number of rotatable bonds is 9. The number of aromatic nitrogens is 1. The maximum Gasteiger partial charge on any atom is 0.326 e. The Balaban J connectivity index is 1.93. The molecule has 0 bridgehead atoms. The van der Waals surface area contributed by atoms with Crippen molar-refractivity contribution >= 4 is 35.8 Å². The lowest BCUT2D eigenvalue weighted by Gasteiger charge is -2.16. The van der Waals surface area contributed by atoms with Crippen LogP contribution in [0.2, 0.25) is 0 Å². The number of pyridine rings is 1. The van der Waals surface area contributed by atoms with E-state index in [1.807, 2.05) is 73.0 Å². The number of carbonyl (C=O) groups is 2. The lowest BCUT2D eigenvalue weighted by atomic mass is 9.96. The third-order valence-electron chi connectivity index (χ3n) is 4.74. The third-order valence-corrected chi connectivity index (χ3v) is 5.38. The van der Waals surface area contributed by atoms with Crippen LogP contribution in [0.4, 0.5) is 0 Å². The van der Waals surface area contributed by atoms with Crippen LogP contribution in [0.25, 0.3) is 23.3 Å². The number of carbonyl (C=O) groups excluding carboxylic acids is 1. The van der Waals surface area contributed by atoms with Crippen molar-refractivity contribution in [3.05, 3.63) is 89.7 Å². The van der Waals surface area contributed by atoms with Crippen molar-refractivity contribution < 1.29 is 14.7 Å². The molecule has 1 amide bonds. The van der Waals surface area contributed by atoms with E-state index in [0.717, 1.165) is 22.3 Å². The van der Waals surface area contributed by atoms with Crippen LogP contribution in [-0.2, 0) is 4.79 Å². The van der Waals surface area contributed by atoms with Gasteiger partial charge >= 0.3 is 5.97 Å². The van der Waals surface area contributed by atoms with Gasteiger partial charge in [0.25, 0.3) is 5.91 Å². The minimum absolute atomic E-state index is 0.370. The van der Waals surface area contributed by atoms with Crippen molar-refractivity contribution in [2.75, 3.05) is 12.0 Å². The zero-order valence-electron chi connectivity index (χ0n) is 17.2. The Morgan fingerprint density at radius 3 is 2.52 bits per heavy atom. The molecule has 1 aromatic heterocycles. The predicted molar refractivity (Wildman–Crippen MR) is 127 cm³/mol. The molecule has 158 valence electrons. The molecule has 0 saturated carbocycles. The lowest BCUT2D eigenvalue weighted by molar-refractivity contribution is -0.139. The van der Waals surface area contributed by atoms with Crippen LogP contribution in [-0.4, -0.2) is 40.0 Å². The number of carboxylic acids is 1. The molecule has 0 saturated heterocycles. The van der Waals surface area contributed by atoms with Crippen LogP contribution in [0.5, 0.6) is 0 Å². The molecule has 3 rings (SSSR count). The summed E-state index contributed by atoms with van der Waals surface area (Å²) >= 11 is 1.55. The predicted octanol–water partition coefficient (Wildman–Crippen LogP) is 4.86.